The molecule has 0 aromatic heterocycles. The molecule has 0 radical (unpaired) electrons. The molecule has 0 aromatic rings. The highest BCUT2D eigenvalue weighted by Crippen LogP contribution is 2.12. The number of hydrogen-bond donors (Lipinski definition) is 1. The minimum Gasteiger partial charge on any atom is -0.381 e. The minimum absolute atomic E-state index is 0.183. The van der Waals surface area contributed by atoms with Gasteiger partial charge in [0, 0.05) is 33.2 Å². The highest BCUT2D eigenvalue weighted by molar-refractivity contribution is 5.93. The van der Waals surface area contributed by atoms with Crippen LogP contribution in [0.1, 0.15) is 19.8 Å². The van der Waals surface area contributed by atoms with Crippen LogP contribution in [-0.2, 0) is 9.53 Å². The fourth-order valence-electron chi connectivity index (χ4n) is 1.48. The molecule has 0 saturated carbocycles. The van der Waals surface area contributed by atoms with Crippen molar-refractivity contribution in [2.45, 2.75) is 25.8 Å². The van der Waals surface area contributed by atoms with Crippen LogP contribution in [-0.4, -0.2) is 43.1 Å². The molecule has 1 saturated heterocycles. The summed E-state index contributed by atoms with van der Waals surface area (Å²) in [7, 11) is 1.70. The van der Waals surface area contributed by atoms with Gasteiger partial charge in [-0.25, -0.2) is 4.79 Å². The van der Waals surface area contributed by atoms with Crippen molar-refractivity contribution in [1.82, 2.24) is 10.2 Å². The Morgan fingerprint density at radius 1 is 1.36 bits per heavy atom. The predicted molar refractivity (Wildman–Crippen MR) is 50.8 cm³/mol. The Morgan fingerprint density at radius 3 is 2.43 bits per heavy atom. The largest absolute Gasteiger partial charge is 0.381 e. The third kappa shape index (κ3) is 2.99. The van der Waals surface area contributed by atoms with E-state index in [0.717, 1.165) is 12.8 Å². The van der Waals surface area contributed by atoms with E-state index in [1.807, 2.05) is 0 Å². The average Bonchev–Trinajstić information content (AvgIpc) is 2.17. The van der Waals surface area contributed by atoms with Crippen LogP contribution in [0.4, 0.5) is 4.79 Å². The summed E-state index contributed by atoms with van der Waals surface area (Å²) in [5.74, 6) is -0.325. The molecule has 0 aromatic carbocycles. The van der Waals surface area contributed by atoms with Crippen molar-refractivity contribution in [1.29, 1.82) is 0 Å². The zero-order valence-electron chi connectivity index (χ0n) is 8.58. The van der Waals surface area contributed by atoms with E-state index in [4.69, 9.17) is 4.74 Å². The van der Waals surface area contributed by atoms with Gasteiger partial charge in [0.1, 0.15) is 0 Å². The number of nitrogens with one attached hydrogen (secondary N) is 1. The molecule has 0 atom stereocenters. The first-order valence-corrected chi connectivity index (χ1v) is 4.73. The van der Waals surface area contributed by atoms with E-state index >= 15 is 0 Å². The Kier molecular flexibility index (Phi) is 3.88. The van der Waals surface area contributed by atoms with Gasteiger partial charge in [0.2, 0.25) is 5.91 Å². The average molecular weight is 200 g/mol. The maximum absolute atomic E-state index is 11.4. The molecule has 1 aliphatic heterocycles. The van der Waals surface area contributed by atoms with Crippen molar-refractivity contribution in [2.75, 3.05) is 20.3 Å². The Bertz CT molecular complexity index is 224. The Labute approximate surface area is 83.4 Å². The lowest BCUT2D eigenvalue weighted by molar-refractivity contribution is -0.118. The Balaban J connectivity index is 2.41. The number of ether oxygens (including phenoxy) is 1. The molecule has 0 spiro atoms. The SMILES string of the molecule is CC(=O)NC(=O)N(C)C1CCOCC1. The van der Waals surface area contributed by atoms with Gasteiger partial charge in [0.25, 0.3) is 0 Å². The summed E-state index contributed by atoms with van der Waals surface area (Å²) in [6.45, 7) is 2.69. The molecule has 80 valence electrons. The van der Waals surface area contributed by atoms with Gasteiger partial charge in [0.15, 0.2) is 0 Å². The van der Waals surface area contributed by atoms with E-state index in [-0.39, 0.29) is 18.0 Å². The standard InChI is InChI=1S/C9H16N2O3/c1-7(12)10-9(13)11(2)8-3-5-14-6-4-8/h8H,3-6H2,1-2H3,(H,10,12,13). The molecule has 14 heavy (non-hydrogen) atoms. The molecule has 0 unspecified atom stereocenters. The van der Waals surface area contributed by atoms with Crippen molar-refractivity contribution in [2.24, 2.45) is 0 Å². The van der Waals surface area contributed by atoms with Crippen molar-refractivity contribution in [3.63, 3.8) is 0 Å². The molecular weight excluding hydrogens is 184 g/mol. The van der Waals surface area contributed by atoms with Gasteiger partial charge >= 0.3 is 6.03 Å². The second-order valence-electron chi connectivity index (χ2n) is 3.44. The van der Waals surface area contributed by atoms with Gasteiger partial charge in [-0.1, -0.05) is 0 Å². The van der Waals surface area contributed by atoms with Crippen molar-refractivity contribution in [3.05, 3.63) is 0 Å². The first kappa shape index (κ1) is 11.0. The Hall–Kier alpha value is -1.10. The third-order valence-corrected chi connectivity index (χ3v) is 2.34. The van der Waals surface area contributed by atoms with Crippen LogP contribution in [0.15, 0.2) is 0 Å². The van der Waals surface area contributed by atoms with Crippen LogP contribution in [0.25, 0.3) is 0 Å². The van der Waals surface area contributed by atoms with Crippen LogP contribution in [0, 0.1) is 0 Å². The first-order valence-electron chi connectivity index (χ1n) is 4.73. The Morgan fingerprint density at radius 2 is 1.93 bits per heavy atom. The maximum atomic E-state index is 11.4. The summed E-state index contributed by atoms with van der Waals surface area (Å²) in [5, 5.41) is 2.25. The van der Waals surface area contributed by atoms with Gasteiger partial charge in [0.05, 0.1) is 0 Å². The molecule has 1 rings (SSSR count). The van der Waals surface area contributed by atoms with E-state index in [0.29, 0.717) is 13.2 Å². The normalized spacial score (nSPS) is 17.6. The van der Waals surface area contributed by atoms with Gasteiger partial charge in [-0.2, -0.15) is 0 Å². The lowest BCUT2D eigenvalue weighted by atomic mass is 10.1. The van der Waals surface area contributed by atoms with E-state index in [2.05, 4.69) is 5.32 Å². The highest BCUT2D eigenvalue weighted by Gasteiger charge is 2.22. The van der Waals surface area contributed by atoms with Gasteiger partial charge in [-0.15, -0.1) is 0 Å². The van der Waals surface area contributed by atoms with E-state index in [1.54, 1.807) is 11.9 Å². The summed E-state index contributed by atoms with van der Waals surface area (Å²) in [4.78, 5) is 23.6. The third-order valence-electron chi connectivity index (χ3n) is 2.34. The molecule has 3 amide bonds. The van der Waals surface area contributed by atoms with E-state index < -0.39 is 0 Å². The number of imide groups is 1. The second kappa shape index (κ2) is 4.95. The van der Waals surface area contributed by atoms with Crippen LogP contribution in [0.2, 0.25) is 0 Å². The number of carbonyl (C=O) groups excluding carboxylic acids is 2. The second-order valence-corrected chi connectivity index (χ2v) is 3.44. The number of rotatable bonds is 1. The fourth-order valence-corrected chi connectivity index (χ4v) is 1.48. The molecule has 1 aliphatic rings. The molecular formula is C9H16N2O3. The van der Waals surface area contributed by atoms with Crippen molar-refractivity contribution >= 4 is 11.9 Å². The van der Waals surface area contributed by atoms with Gasteiger partial charge in [-0.05, 0) is 12.8 Å². The fraction of sp³-hybridized carbons (Fsp3) is 0.778. The zero-order valence-corrected chi connectivity index (χ0v) is 8.58. The first-order chi connectivity index (χ1) is 6.61. The minimum atomic E-state index is -0.329. The summed E-state index contributed by atoms with van der Waals surface area (Å²) in [6.07, 6.45) is 1.67. The molecule has 1 heterocycles. The quantitative estimate of drug-likeness (QED) is 0.664. The number of amides is 3. The molecule has 0 bridgehead atoms. The van der Waals surface area contributed by atoms with Gasteiger partial charge in [-0.3, -0.25) is 10.1 Å². The van der Waals surface area contributed by atoms with Crippen LogP contribution < -0.4 is 5.32 Å². The zero-order chi connectivity index (χ0) is 10.6. The van der Waals surface area contributed by atoms with Crippen LogP contribution >= 0.6 is 0 Å². The summed E-state index contributed by atoms with van der Waals surface area (Å²) >= 11 is 0. The van der Waals surface area contributed by atoms with E-state index in [1.165, 1.54) is 6.92 Å². The summed E-state index contributed by atoms with van der Waals surface area (Å²) < 4.78 is 5.19. The number of carbonyl (C=O) groups is 2. The van der Waals surface area contributed by atoms with Crippen LogP contribution in [0.5, 0.6) is 0 Å². The number of hydrogen-bond acceptors (Lipinski definition) is 3. The maximum Gasteiger partial charge on any atom is 0.324 e. The lowest BCUT2D eigenvalue weighted by Gasteiger charge is -2.30. The van der Waals surface area contributed by atoms with Crippen molar-refractivity contribution in [3.8, 4) is 0 Å². The summed E-state index contributed by atoms with van der Waals surface area (Å²) in [5.41, 5.74) is 0. The van der Waals surface area contributed by atoms with E-state index in [9.17, 15) is 9.59 Å². The number of nitrogens with zero attached hydrogens (tertiary/aromatic N) is 1. The highest BCUT2D eigenvalue weighted by atomic mass is 16.5. The van der Waals surface area contributed by atoms with Crippen molar-refractivity contribution < 1.29 is 14.3 Å². The monoisotopic (exact) mass is 200 g/mol. The number of urea groups is 1. The molecule has 1 N–H and O–H groups in total. The lowest BCUT2D eigenvalue weighted by Crippen LogP contribution is -2.47. The smallest absolute Gasteiger partial charge is 0.324 e. The molecule has 5 heteroatoms. The van der Waals surface area contributed by atoms with Gasteiger partial charge < -0.3 is 9.64 Å². The van der Waals surface area contributed by atoms with Crippen LogP contribution in [0.3, 0.4) is 0 Å². The molecule has 5 nitrogen and oxygen atoms in total. The molecule has 1 fully saturated rings. The topological polar surface area (TPSA) is 58.6 Å². The molecule has 0 aliphatic carbocycles. The predicted octanol–water partition coefficient (Wildman–Crippen LogP) is 0.353. The summed E-state index contributed by atoms with van der Waals surface area (Å²) in [6, 6.07) is -0.146.